The third-order valence-electron chi connectivity index (χ3n) is 2.64. The largest absolute Gasteiger partial charge is 0.393 e. The Labute approximate surface area is 107 Å². The maximum atomic E-state index is 9.57. The van der Waals surface area contributed by atoms with Crippen LogP contribution in [0, 0.1) is 12.5 Å². The molecule has 0 aromatic carbocycles. The molecule has 0 amide bonds. The van der Waals surface area contributed by atoms with E-state index in [1.807, 2.05) is 0 Å². The lowest BCUT2D eigenvalue weighted by atomic mass is 9.97. The number of unbranched alkanes of at least 4 members (excludes halogenated alkanes) is 2. The van der Waals surface area contributed by atoms with Gasteiger partial charge in [0.25, 0.3) is 0 Å². The summed E-state index contributed by atoms with van der Waals surface area (Å²) >= 11 is 0. The van der Waals surface area contributed by atoms with Gasteiger partial charge in [-0.3, -0.25) is 0 Å². The van der Waals surface area contributed by atoms with Gasteiger partial charge in [-0.1, -0.05) is 33.6 Å². The standard InChI is InChI=1S/C14H30NO2/c1-14(2,3)12-15-10-7-5-6-8-13(16)9-11-17-4/h13,15-16H,4-12H2,1-3H3/t13-/m1/s1. The molecule has 103 valence electrons. The highest BCUT2D eigenvalue weighted by Crippen LogP contribution is 2.10. The number of ether oxygens (including phenoxy) is 1. The number of nitrogens with one attached hydrogen (secondary N) is 1. The Morgan fingerprint density at radius 1 is 1.18 bits per heavy atom. The van der Waals surface area contributed by atoms with Gasteiger partial charge in [0, 0.05) is 6.61 Å². The zero-order valence-electron chi connectivity index (χ0n) is 11.8. The molecule has 3 nitrogen and oxygen atoms in total. The van der Waals surface area contributed by atoms with Crippen LogP contribution in [0.1, 0.15) is 52.9 Å². The van der Waals surface area contributed by atoms with Crippen molar-refractivity contribution < 1.29 is 9.84 Å². The average Bonchev–Trinajstić information content (AvgIpc) is 2.23. The highest BCUT2D eigenvalue weighted by molar-refractivity contribution is 4.64. The summed E-state index contributed by atoms with van der Waals surface area (Å²) in [6, 6.07) is 0. The van der Waals surface area contributed by atoms with E-state index < -0.39 is 0 Å². The van der Waals surface area contributed by atoms with Crippen LogP contribution in [-0.2, 0) is 4.74 Å². The summed E-state index contributed by atoms with van der Waals surface area (Å²) in [5.41, 5.74) is 0.365. The van der Waals surface area contributed by atoms with Gasteiger partial charge >= 0.3 is 0 Å². The normalized spacial score (nSPS) is 13.9. The van der Waals surface area contributed by atoms with Gasteiger partial charge in [-0.2, -0.15) is 0 Å². The lowest BCUT2D eigenvalue weighted by Gasteiger charge is -2.18. The Morgan fingerprint density at radius 2 is 1.88 bits per heavy atom. The van der Waals surface area contributed by atoms with Crippen LogP contribution >= 0.6 is 0 Å². The monoisotopic (exact) mass is 244 g/mol. The third-order valence-corrected chi connectivity index (χ3v) is 2.64. The van der Waals surface area contributed by atoms with E-state index in [9.17, 15) is 5.11 Å². The first-order valence-electron chi connectivity index (χ1n) is 6.71. The lowest BCUT2D eigenvalue weighted by Crippen LogP contribution is -2.27. The van der Waals surface area contributed by atoms with Crippen LogP contribution in [0.3, 0.4) is 0 Å². The number of aliphatic hydroxyl groups is 1. The minimum absolute atomic E-state index is 0.223. The Kier molecular flexibility index (Phi) is 9.79. The van der Waals surface area contributed by atoms with Gasteiger partial charge in [0.1, 0.15) is 0 Å². The molecule has 0 bridgehead atoms. The van der Waals surface area contributed by atoms with Crippen molar-refractivity contribution >= 4 is 0 Å². The van der Waals surface area contributed by atoms with Gasteiger partial charge < -0.3 is 15.2 Å². The molecule has 0 unspecified atom stereocenters. The average molecular weight is 244 g/mol. The van der Waals surface area contributed by atoms with Gasteiger partial charge in [0.15, 0.2) is 0 Å². The van der Waals surface area contributed by atoms with E-state index in [4.69, 9.17) is 0 Å². The van der Waals surface area contributed by atoms with E-state index in [2.05, 4.69) is 37.9 Å². The van der Waals surface area contributed by atoms with Gasteiger partial charge in [-0.15, -0.1) is 0 Å². The molecular weight excluding hydrogens is 214 g/mol. The zero-order chi connectivity index (χ0) is 13.1. The molecule has 0 heterocycles. The molecule has 0 spiro atoms. The van der Waals surface area contributed by atoms with Crippen molar-refractivity contribution in [2.45, 2.75) is 59.0 Å². The minimum Gasteiger partial charge on any atom is -0.393 e. The molecule has 0 aliphatic carbocycles. The van der Waals surface area contributed by atoms with Crippen molar-refractivity contribution in [1.82, 2.24) is 5.32 Å². The quantitative estimate of drug-likeness (QED) is 0.581. The second kappa shape index (κ2) is 9.86. The van der Waals surface area contributed by atoms with Crippen LogP contribution in [0.2, 0.25) is 0 Å². The molecule has 1 radical (unpaired) electrons. The molecular formula is C14H30NO2. The summed E-state index contributed by atoms with van der Waals surface area (Å²) in [6.07, 6.45) is 4.82. The molecule has 2 N–H and O–H groups in total. The zero-order valence-corrected chi connectivity index (χ0v) is 11.8. The van der Waals surface area contributed by atoms with E-state index in [1.165, 1.54) is 12.8 Å². The SMILES string of the molecule is [CH2]OCC[C@H](O)CCCCCNCC(C)(C)C. The van der Waals surface area contributed by atoms with Crippen LogP contribution in [-0.4, -0.2) is 30.9 Å². The molecule has 0 saturated heterocycles. The molecule has 0 fully saturated rings. The summed E-state index contributed by atoms with van der Waals surface area (Å²) in [5.74, 6) is 0. The van der Waals surface area contributed by atoms with Crippen molar-refractivity contribution in [1.29, 1.82) is 0 Å². The van der Waals surface area contributed by atoms with Crippen LogP contribution in [0.4, 0.5) is 0 Å². The molecule has 0 aliphatic heterocycles. The van der Waals surface area contributed by atoms with Crippen LogP contribution < -0.4 is 5.32 Å². The lowest BCUT2D eigenvalue weighted by molar-refractivity contribution is 0.114. The minimum atomic E-state index is -0.223. The highest BCUT2D eigenvalue weighted by atomic mass is 16.5. The molecule has 0 rings (SSSR count). The smallest absolute Gasteiger partial charge is 0.0700 e. The Bertz CT molecular complexity index is 166. The van der Waals surface area contributed by atoms with Crippen molar-refractivity contribution in [3.63, 3.8) is 0 Å². The molecule has 0 saturated carbocycles. The molecule has 0 aromatic rings. The molecule has 0 aromatic heterocycles. The summed E-state index contributed by atoms with van der Waals surface area (Å²) in [5, 5.41) is 13.0. The van der Waals surface area contributed by atoms with Gasteiger partial charge in [-0.05, 0) is 37.8 Å². The number of hydrogen-bond acceptors (Lipinski definition) is 3. The first kappa shape index (κ1) is 16.9. The fraction of sp³-hybridized carbons (Fsp3) is 0.929. The Hall–Kier alpha value is -0.120. The topological polar surface area (TPSA) is 41.5 Å². The molecule has 3 heteroatoms. The predicted octanol–water partition coefficient (Wildman–Crippen LogP) is 2.74. The van der Waals surface area contributed by atoms with Crippen molar-refractivity contribution in [3.05, 3.63) is 7.11 Å². The van der Waals surface area contributed by atoms with Crippen LogP contribution in [0.25, 0.3) is 0 Å². The Morgan fingerprint density at radius 3 is 2.47 bits per heavy atom. The summed E-state index contributed by atoms with van der Waals surface area (Å²) in [6.45, 7) is 9.41. The second-order valence-electron chi connectivity index (χ2n) is 5.94. The first-order chi connectivity index (χ1) is 7.95. The maximum Gasteiger partial charge on any atom is 0.0700 e. The van der Waals surface area contributed by atoms with E-state index in [0.29, 0.717) is 18.4 Å². The van der Waals surface area contributed by atoms with Gasteiger partial charge in [0.2, 0.25) is 0 Å². The van der Waals surface area contributed by atoms with Crippen LogP contribution in [0.5, 0.6) is 0 Å². The Balaban J connectivity index is 3.18. The fourth-order valence-electron chi connectivity index (χ4n) is 1.63. The van der Waals surface area contributed by atoms with Crippen molar-refractivity contribution in [2.24, 2.45) is 5.41 Å². The predicted molar refractivity (Wildman–Crippen MR) is 72.7 cm³/mol. The summed E-state index contributed by atoms with van der Waals surface area (Å²) in [4.78, 5) is 0. The van der Waals surface area contributed by atoms with E-state index in [-0.39, 0.29) is 6.10 Å². The van der Waals surface area contributed by atoms with E-state index >= 15 is 0 Å². The van der Waals surface area contributed by atoms with Crippen molar-refractivity contribution in [2.75, 3.05) is 19.7 Å². The third kappa shape index (κ3) is 13.8. The summed E-state index contributed by atoms with van der Waals surface area (Å²) in [7, 11) is 3.29. The molecule has 0 aliphatic rings. The van der Waals surface area contributed by atoms with Gasteiger partial charge in [0.05, 0.1) is 13.2 Å². The van der Waals surface area contributed by atoms with Gasteiger partial charge in [-0.25, -0.2) is 0 Å². The molecule has 17 heavy (non-hydrogen) atoms. The van der Waals surface area contributed by atoms with E-state index in [0.717, 1.165) is 25.9 Å². The number of aliphatic hydroxyl groups excluding tert-OH is 1. The highest BCUT2D eigenvalue weighted by Gasteiger charge is 2.08. The number of rotatable bonds is 10. The summed E-state index contributed by atoms with van der Waals surface area (Å²) < 4.78 is 4.68. The first-order valence-corrected chi connectivity index (χ1v) is 6.71. The van der Waals surface area contributed by atoms with E-state index in [1.54, 1.807) is 0 Å². The maximum absolute atomic E-state index is 9.57. The van der Waals surface area contributed by atoms with Crippen LogP contribution in [0.15, 0.2) is 0 Å². The van der Waals surface area contributed by atoms with Crippen molar-refractivity contribution in [3.8, 4) is 0 Å². The fourth-order valence-corrected chi connectivity index (χ4v) is 1.63. The number of hydrogen-bond donors (Lipinski definition) is 2. The molecule has 1 atom stereocenters. The second-order valence-corrected chi connectivity index (χ2v) is 5.94.